The van der Waals surface area contributed by atoms with Crippen molar-refractivity contribution < 1.29 is 40.0 Å². The van der Waals surface area contributed by atoms with Crippen molar-refractivity contribution in [2.75, 3.05) is 19.0 Å². The third kappa shape index (κ3) is 9.28. The number of amides is 1. The smallest absolute Gasteiger partial charge is 0.407 e. The summed E-state index contributed by atoms with van der Waals surface area (Å²) in [4.78, 5) is 11.6. The predicted octanol–water partition coefficient (Wildman–Crippen LogP) is 1.97. The molecule has 1 heterocycles. The van der Waals surface area contributed by atoms with Crippen LogP contribution >= 0.6 is 0 Å². The molecule has 1 aliphatic rings. The number of carbonyl (C=O) groups is 1. The highest BCUT2D eigenvalue weighted by atomic mass is 32.2. The monoisotopic (exact) mass is 377 g/mol. The van der Waals surface area contributed by atoms with Crippen molar-refractivity contribution in [3.05, 3.63) is 0 Å². The van der Waals surface area contributed by atoms with Gasteiger partial charge in [-0.25, -0.2) is 4.79 Å². The highest BCUT2D eigenvalue weighted by Gasteiger charge is 2.36. The molecule has 11 heteroatoms. The molecule has 1 rings (SSSR count). The number of hydrogen-bond donors (Lipinski definition) is 1. The largest absolute Gasteiger partial charge is 0.444 e. The fourth-order valence-electron chi connectivity index (χ4n) is 1.95. The fraction of sp³-hybridized carbons (Fsp3) is 0.923. The lowest BCUT2D eigenvalue weighted by Crippen LogP contribution is -2.45. The SMILES string of the molecule is CC(C)(C)OC(=O)NC1CC[C@@H](COS(=O)(=O)CC(F)(F)F)OC1. The molecule has 2 atom stereocenters. The van der Waals surface area contributed by atoms with Gasteiger partial charge in [0.25, 0.3) is 10.1 Å². The molecule has 24 heavy (non-hydrogen) atoms. The molecule has 0 aromatic rings. The van der Waals surface area contributed by atoms with Gasteiger partial charge < -0.3 is 14.8 Å². The Morgan fingerprint density at radius 1 is 1.25 bits per heavy atom. The molecule has 0 saturated carbocycles. The summed E-state index contributed by atoms with van der Waals surface area (Å²) in [7, 11) is -4.69. The molecule has 0 bridgehead atoms. The van der Waals surface area contributed by atoms with Gasteiger partial charge in [-0.3, -0.25) is 4.18 Å². The number of rotatable bonds is 5. The topological polar surface area (TPSA) is 90.9 Å². The highest BCUT2D eigenvalue weighted by Crippen LogP contribution is 2.20. The Bertz CT molecular complexity index is 521. The molecule has 1 saturated heterocycles. The van der Waals surface area contributed by atoms with E-state index < -0.39 is 46.5 Å². The van der Waals surface area contributed by atoms with E-state index in [1.807, 2.05) is 0 Å². The summed E-state index contributed by atoms with van der Waals surface area (Å²) in [5.41, 5.74) is -0.636. The molecular formula is C13H22F3NO6S. The zero-order chi connectivity index (χ0) is 18.6. The zero-order valence-corrected chi connectivity index (χ0v) is 14.5. The van der Waals surface area contributed by atoms with Gasteiger partial charge in [-0.05, 0) is 33.6 Å². The summed E-state index contributed by atoms with van der Waals surface area (Å²) in [6, 6.07) is -0.317. The van der Waals surface area contributed by atoms with Crippen LogP contribution in [-0.4, -0.2) is 57.4 Å². The van der Waals surface area contributed by atoms with Crippen LogP contribution in [0.15, 0.2) is 0 Å². The van der Waals surface area contributed by atoms with Gasteiger partial charge in [0.15, 0.2) is 5.75 Å². The van der Waals surface area contributed by atoms with Crippen molar-refractivity contribution in [3.63, 3.8) is 0 Å². The first kappa shape index (κ1) is 21.0. The first-order valence-corrected chi connectivity index (χ1v) is 8.88. The summed E-state index contributed by atoms with van der Waals surface area (Å²) in [6.45, 7) is 4.76. The van der Waals surface area contributed by atoms with Crippen LogP contribution in [-0.2, 0) is 23.8 Å². The molecule has 0 aromatic carbocycles. The average Bonchev–Trinajstić information content (AvgIpc) is 2.32. The number of ether oxygens (including phenoxy) is 2. The molecule has 0 aliphatic carbocycles. The maximum Gasteiger partial charge on any atom is 0.407 e. The van der Waals surface area contributed by atoms with E-state index in [9.17, 15) is 26.4 Å². The van der Waals surface area contributed by atoms with E-state index in [-0.39, 0.29) is 12.6 Å². The van der Waals surface area contributed by atoms with Crippen molar-refractivity contribution in [1.82, 2.24) is 5.32 Å². The van der Waals surface area contributed by atoms with Gasteiger partial charge >= 0.3 is 12.3 Å². The maximum atomic E-state index is 12.1. The third-order valence-corrected chi connectivity index (χ3v) is 4.04. The van der Waals surface area contributed by atoms with E-state index in [1.54, 1.807) is 20.8 Å². The van der Waals surface area contributed by atoms with E-state index in [0.717, 1.165) is 0 Å². The normalized spacial score (nSPS) is 22.9. The molecule has 0 spiro atoms. The summed E-state index contributed by atoms with van der Waals surface area (Å²) >= 11 is 0. The number of alkyl halides is 3. The quantitative estimate of drug-likeness (QED) is 0.737. The Kier molecular flexibility index (Phi) is 6.88. The molecule has 142 valence electrons. The molecule has 0 radical (unpaired) electrons. The van der Waals surface area contributed by atoms with Crippen molar-refractivity contribution in [1.29, 1.82) is 0 Å². The first-order valence-electron chi connectivity index (χ1n) is 7.31. The average molecular weight is 377 g/mol. The van der Waals surface area contributed by atoms with Gasteiger partial charge in [-0.15, -0.1) is 0 Å². The van der Waals surface area contributed by atoms with Gasteiger partial charge in [0, 0.05) is 0 Å². The second-order valence-electron chi connectivity index (χ2n) is 6.48. The van der Waals surface area contributed by atoms with Crippen molar-refractivity contribution in [3.8, 4) is 0 Å². The Balaban J connectivity index is 2.32. The Labute approximate surface area is 138 Å². The second kappa shape index (κ2) is 7.87. The predicted molar refractivity (Wildman–Crippen MR) is 77.9 cm³/mol. The van der Waals surface area contributed by atoms with E-state index in [4.69, 9.17) is 9.47 Å². The number of alkyl carbamates (subject to hydrolysis) is 1. The lowest BCUT2D eigenvalue weighted by Gasteiger charge is -2.30. The van der Waals surface area contributed by atoms with Crippen molar-refractivity contribution >= 4 is 16.2 Å². The summed E-state index contributed by atoms with van der Waals surface area (Å²) in [6.07, 6.45) is -5.30. The fourth-order valence-corrected chi connectivity index (χ4v) is 2.79. The minimum atomic E-state index is -4.85. The molecule has 7 nitrogen and oxygen atoms in total. The van der Waals surface area contributed by atoms with Crippen LogP contribution < -0.4 is 5.32 Å². The molecule has 0 aromatic heterocycles. The Morgan fingerprint density at radius 2 is 1.88 bits per heavy atom. The number of nitrogens with one attached hydrogen (secondary N) is 1. The summed E-state index contributed by atoms with van der Waals surface area (Å²) in [5.74, 6) is -2.03. The molecule has 1 unspecified atom stereocenters. The van der Waals surface area contributed by atoms with Crippen LogP contribution in [0, 0.1) is 0 Å². The lowest BCUT2D eigenvalue weighted by atomic mass is 10.1. The molecular weight excluding hydrogens is 355 g/mol. The molecule has 1 amide bonds. The van der Waals surface area contributed by atoms with E-state index in [1.165, 1.54) is 0 Å². The first-order chi connectivity index (χ1) is 10.8. The standard InChI is InChI=1S/C13H22F3NO6S/c1-12(2,3)23-11(18)17-9-4-5-10(21-6-9)7-22-24(19,20)8-13(14,15)16/h9-10H,4-8H2,1-3H3,(H,17,18)/t9?,10-/m0/s1. The third-order valence-electron chi connectivity index (χ3n) is 2.87. The second-order valence-corrected chi connectivity index (χ2v) is 8.12. The van der Waals surface area contributed by atoms with Gasteiger partial charge in [-0.1, -0.05) is 0 Å². The number of halogens is 3. The molecule has 1 aliphatic heterocycles. The number of hydrogen-bond acceptors (Lipinski definition) is 6. The van der Waals surface area contributed by atoms with E-state index in [0.29, 0.717) is 12.8 Å². The van der Waals surface area contributed by atoms with E-state index >= 15 is 0 Å². The van der Waals surface area contributed by atoms with Gasteiger partial charge in [0.2, 0.25) is 0 Å². The minimum absolute atomic E-state index is 0.0899. The van der Waals surface area contributed by atoms with Crippen molar-refractivity contribution in [2.24, 2.45) is 0 Å². The van der Waals surface area contributed by atoms with Crippen LogP contribution in [0.2, 0.25) is 0 Å². The summed E-state index contributed by atoms with van der Waals surface area (Å²) in [5, 5.41) is 2.61. The highest BCUT2D eigenvalue weighted by molar-refractivity contribution is 7.86. The minimum Gasteiger partial charge on any atom is -0.444 e. The van der Waals surface area contributed by atoms with Gasteiger partial charge in [0.05, 0.1) is 25.4 Å². The van der Waals surface area contributed by atoms with Crippen LogP contribution in [0.5, 0.6) is 0 Å². The van der Waals surface area contributed by atoms with Gasteiger partial charge in [0.1, 0.15) is 5.60 Å². The van der Waals surface area contributed by atoms with Crippen molar-refractivity contribution in [2.45, 2.75) is 57.5 Å². The zero-order valence-electron chi connectivity index (χ0n) is 13.7. The van der Waals surface area contributed by atoms with E-state index in [2.05, 4.69) is 9.50 Å². The van der Waals surface area contributed by atoms with Crippen LogP contribution in [0.3, 0.4) is 0 Å². The Hall–Kier alpha value is -1.07. The van der Waals surface area contributed by atoms with Crippen LogP contribution in [0.4, 0.5) is 18.0 Å². The van der Waals surface area contributed by atoms with Gasteiger partial charge in [-0.2, -0.15) is 21.6 Å². The summed E-state index contributed by atoms with van der Waals surface area (Å²) < 4.78 is 73.3. The van der Waals surface area contributed by atoms with Crippen LogP contribution in [0.25, 0.3) is 0 Å². The van der Waals surface area contributed by atoms with Crippen LogP contribution in [0.1, 0.15) is 33.6 Å². The lowest BCUT2D eigenvalue weighted by molar-refractivity contribution is -0.108. The maximum absolute atomic E-state index is 12.1. The number of carbonyl (C=O) groups excluding carboxylic acids is 1. The Morgan fingerprint density at radius 3 is 2.33 bits per heavy atom. The molecule has 1 N–H and O–H groups in total. The molecule has 1 fully saturated rings.